The van der Waals surface area contributed by atoms with Gasteiger partial charge in [0.1, 0.15) is 17.7 Å². The van der Waals surface area contributed by atoms with Crippen molar-refractivity contribution in [2.75, 3.05) is 37.6 Å². The first-order chi connectivity index (χ1) is 18.5. The molecule has 0 spiro atoms. The molecule has 1 amide bonds. The van der Waals surface area contributed by atoms with Gasteiger partial charge in [-0.05, 0) is 30.2 Å². The van der Waals surface area contributed by atoms with Crippen LogP contribution in [0, 0.1) is 23.0 Å². The number of amides is 1. The van der Waals surface area contributed by atoms with Gasteiger partial charge in [-0.2, -0.15) is 5.26 Å². The van der Waals surface area contributed by atoms with Crippen LogP contribution >= 0.6 is 0 Å². The largest absolute Gasteiger partial charge is 0.367 e. The highest BCUT2D eigenvalue weighted by atomic mass is 19.1. The van der Waals surface area contributed by atoms with Crippen molar-refractivity contribution in [1.82, 2.24) is 15.1 Å². The highest BCUT2D eigenvalue weighted by Gasteiger charge is 2.39. The van der Waals surface area contributed by atoms with E-state index in [2.05, 4.69) is 33.3 Å². The summed E-state index contributed by atoms with van der Waals surface area (Å²) < 4.78 is 27.5. The van der Waals surface area contributed by atoms with E-state index in [1.807, 2.05) is 47.4 Å². The summed E-state index contributed by atoms with van der Waals surface area (Å²) in [6, 6.07) is 23.2. The Bertz CT molecular complexity index is 1300. The van der Waals surface area contributed by atoms with Gasteiger partial charge in [0, 0.05) is 63.5 Å². The molecule has 2 atom stereocenters. The molecule has 0 radical (unpaired) electrons. The lowest BCUT2D eigenvalue weighted by molar-refractivity contribution is -0.136. The third kappa shape index (κ3) is 5.85. The first-order valence-electron chi connectivity index (χ1n) is 13.0. The maximum atomic E-state index is 14.2. The molecule has 0 aliphatic carbocycles. The zero-order valence-corrected chi connectivity index (χ0v) is 21.2. The summed E-state index contributed by atoms with van der Waals surface area (Å²) in [5.74, 6) is -1.06. The number of nitrogens with zero attached hydrogens (tertiary/aromatic N) is 4. The number of anilines is 1. The van der Waals surface area contributed by atoms with E-state index < -0.39 is 11.6 Å². The minimum atomic E-state index is -0.594. The summed E-state index contributed by atoms with van der Waals surface area (Å²) in [6.07, 6.45) is 0.617. The van der Waals surface area contributed by atoms with Gasteiger partial charge in [-0.3, -0.25) is 9.69 Å². The van der Waals surface area contributed by atoms with E-state index in [4.69, 9.17) is 0 Å². The number of carbonyl (C=O) groups excluding carboxylic acids is 1. The number of halogens is 2. The van der Waals surface area contributed by atoms with Crippen molar-refractivity contribution in [3.63, 3.8) is 0 Å². The van der Waals surface area contributed by atoms with E-state index in [1.54, 1.807) is 0 Å². The molecule has 8 heteroatoms. The van der Waals surface area contributed by atoms with Gasteiger partial charge in [0.2, 0.25) is 5.91 Å². The maximum absolute atomic E-state index is 14.2. The standard InChI is InChI=1S/C30H31F2N5O/c31-25-11-10-24(27(32)16-25)19-34-26-17-29(37(21-26)20-22-6-2-1-3-7-22)30(38)36-14-12-35(13-15-36)28-9-5-4-8-23(28)18-33/h1-11,16,26,29,34H,12-15,17,19-21H2/t26-,29+/m1/s1. The fraction of sp³-hybridized carbons (Fsp3) is 0.333. The number of nitrogens with one attached hydrogen (secondary N) is 1. The van der Waals surface area contributed by atoms with Crippen LogP contribution in [0.3, 0.4) is 0 Å². The molecule has 1 N–H and O–H groups in total. The predicted molar refractivity (Wildman–Crippen MR) is 142 cm³/mol. The molecule has 2 saturated heterocycles. The highest BCUT2D eigenvalue weighted by molar-refractivity contribution is 5.82. The molecule has 0 bridgehead atoms. The zero-order valence-electron chi connectivity index (χ0n) is 21.2. The summed E-state index contributed by atoms with van der Waals surface area (Å²) in [4.78, 5) is 20.1. The Morgan fingerprint density at radius 1 is 0.974 bits per heavy atom. The van der Waals surface area contributed by atoms with Crippen molar-refractivity contribution in [1.29, 1.82) is 5.26 Å². The van der Waals surface area contributed by atoms with Crippen molar-refractivity contribution in [3.8, 4) is 6.07 Å². The molecule has 2 aliphatic heterocycles. The molecular formula is C30H31F2N5O. The van der Waals surface area contributed by atoms with E-state index >= 15 is 0 Å². The number of para-hydroxylation sites is 1. The number of likely N-dealkylation sites (tertiary alicyclic amines) is 1. The second-order valence-electron chi connectivity index (χ2n) is 9.92. The minimum absolute atomic E-state index is 0.000842. The number of benzene rings is 3. The van der Waals surface area contributed by atoms with Crippen LogP contribution in [0.5, 0.6) is 0 Å². The number of hydrogen-bond acceptors (Lipinski definition) is 5. The van der Waals surface area contributed by atoms with E-state index in [9.17, 15) is 18.8 Å². The monoisotopic (exact) mass is 515 g/mol. The second-order valence-corrected chi connectivity index (χ2v) is 9.92. The summed E-state index contributed by atoms with van der Waals surface area (Å²) in [6.45, 7) is 4.09. The van der Waals surface area contributed by atoms with Gasteiger partial charge in [0.05, 0.1) is 17.3 Å². The number of hydrogen-bond donors (Lipinski definition) is 1. The fourth-order valence-electron chi connectivity index (χ4n) is 5.44. The molecule has 5 rings (SSSR count). The first kappa shape index (κ1) is 25.8. The van der Waals surface area contributed by atoms with Crippen LogP contribution in [-0.4, -0.2) is 60.5 Å². The van der Waals surface area contributed by atoms with Crippen LogP contribution in [0.1, 0.15) is 23.1 Å². The summed E-state index contributed by atoms with van der Waals surface area (Å²) in [5, 5.41) is 12.9. The van der Waals surface area contributed by atoms with E-state index in [0.29, 0.717) is 56.8 Å². The topological polar surface area (TPSA) is 62.6 Å². The van der Waals surface area contributed by atoms with E-state index in [1.165, 1.54) is 12.1 Å². The molecule has 2 heterocycles. The van der Waals surface area contributed by atoms with Crippen molar-refractivity contribution < 1.29 is 13.6 Å². The molecule has 0 aromatic heterocycles. The number of rotatable bonds is 7. The van der Waals surface area contributed by atoms with Gasteiger partial charge in [0.25, 0.3) is 0 Å². The van der Waals surface area contributed by atoms with Crippen molar-refractivity contribution >= 4 is 11.6 Å². The average Bonchev–Trinajstić information content (AvgIpc) is 3.35. The van der Waals surface area contributed by atoms with Crippen molar-refractivity contribution in [2.24, 2.45) is 0 Å². The lowest BCUT2D eigenvalue weighted by Crippen LogP contribution is -2.53. The van der Waals surface area contributed by atoms with Crippen LogP contribution in [0.25, 0.3) is 0 Å². The van der Waals surface area contributed by atoms with Crippen molar-refractivity contribution in [2.45, 2.75) is 31.6 Å². The van der Waals surface area contributed by atoms with Gasteiger partial charge in [-0.15, -0.1) is 0 Å². The normalized spacial score (nSPS) is 19.9. The molecule has 3 aromatic carbocycles. The average molecular weight is 516 g/mol. The molecule has 0 unspecified atom stereocenters. The number of nitriles is 1. The Hall–Kier alpha value is -3.80. The van der Waals surface area contributed by atoms with Gasteiger partial charge in [-0.25, -0.2) is 8.78 Å². The summed E-state index contributed by atoms with van der Waals surface area (Å²) in [7, 11) is 0. The van der Waals surface area contributed by atoms with E-state index in [-0.39, 0.29) is 24.5 Å². The van der Waals surface area contributed by atoms with E-state index in [0.717, 1.165) is 17.3 Å². The molecule has 2 aliphatic rings. The number of piperazine rings is 1. The maximum Gasteiger partial charge on any atom is 0.240 e. The third-order valence-electron chi connectivity index (χ3n) is 7.47. The SMILES string of the molecule is N#Cc1ccccc1N1CCN(C(=O)[C@@H]2C[C@@H](NCc3ccc(F)cc3F)CN2Cc2ccccc2)CC1. The molecule has 196 valence electrons. The van der Waals surface area contributed by atoms with Crippen LogP contribution in [0.15, 0.2) is 72.8 Å². The number of carbonyl (C=O) groups is 1. The van der Waals surface area contributed by atoms with Crippen molar-refractivity contribution in [3.05, 3.63) is 101 Å². The minimum Gasteiger partial charge on any atom is -0.367 e. The second kappa shape index (κ2) is 11.7. The molecule has 6 nitrogen and oxygen atoms in total. The van der Waals surface area contributed by atoms with Gasteiger partial charge in [-0.1, -0.05) is 48.5 Å². The molecule has 38 heavy (non-hydrogen) atoms. The Kier molecular flexibility index (Phi) is 7.97. The lowest BCUT2D eigenvalue weighted by Gasteiger charge is -2.38. The summed E-state index contributed by atoms with van der Waals surface area (Å²) >= 11 is 0. The Balaban J connectivity index is 1.25. The quantitative estimate of drug-likeness (QED) is 0.517. The summed E-state index contributed by atoms with van der Waals surface area (Å²) in [5.41, 5.74) is 3.09. The Labute approximate surface area is 222 Å². The van der Waals surface area contributed by atoms with Crippen LogP contribution < -0.4 is 10.2 Å². The van der Waals surface area contributed by atoms with Gasteiger partial charge < -0.3 is 15.1 Å². The first-order valence-corrected chi connectivity index (χ1v) is 13.0. The Morgan fingerprint density at radius 3 is 2.45 bits per heavy atom. The molecular weight excluding hydrogens is 484 g/mol. The molecule has 0 saturated carbocycles. The zero-order chi connectivity index (χ0) is 26.5. The predicted octanol–water partition coefficient (Wildman–Crippen LogP) is 3.92. The van der Waals surface area contributed by atoms with Crippen LogP contribution in [-0.2, 0) is 17.9 Å². The van der Waals surface area contributed by atoms with Crippen LogP contribution in [0.4, 0.5) is 14.5 Å². The lowest BCUT2D eigenvalue weighted by atomic mass is 10.1. The third-order valence-corrected chi connectivity index (χ3v) is 7.47. The van der Waals surface area contributed by atoms with Crippen LogP contribution in [0.2, 0.25) is 0 Å². The highest BCUT2D eigenvalue weighted by Crippen LogP contribution is 2.26. The molecule has 2 fully saturated rings. The Morgan fingerprint density at radius 2 is 1.71 bits per heavy atom. The van der Waals surface area contributed by atoms with Gasteiger partial charge >= 0.3 is 0 Å². The fourth-order valence-corrected chi connectivity index (χ4v) is 5.44. The van der Waals surface area contributed by atoms with Gasteiger partial charge in [0.15, 0.2) is 0 Å². The molecule has 3 aromatic rings. The smallest absolute Gasteiger partial charge is 0.240 e.